The van der Waals surface area contributed by atoms with Crippen LogP contribution in [-0.4, -0.2) is 54.1 Å². The lowest BCUT2D eigenvalue weighted by Gasteiger charge is -2.37. The van der Waals surface area contributed by atoms with E-state index in [0.29, 0.717) is 12.6 Å². The highest BCUT2D eigenvalue weighted by atomic mass is 16.5. The molecule has 120 valence electrons. The zero-order valence-electron chi connectivity index (χ0n) is 13.6. The highest BCUT2D eigenvalue weighted by Gasteiger charge is 2.30. The first kappa shape index (κ1) is 16.3. The molecule has 2 rings (SSSR count). The van der Waals surface area contributed by atoms with E-state index in [1.165, 1.54) is 0 Å². The number of hydrogen-bond donors (Lipinski definition) is 1. The fraction of sp³-hybridized carbons (Fsp3) is 0.800. The molecular weight excluding hydrogens is 268 g/mol. The average Bonchev–Trinajstić information content (AvgIpc) is 2.76. The van der Waals surface area contributed by atoms with Gasteiger partial charge in [0.1, 0.15) is 0 Å². The Labute approximate surface area is 127 Å². The van der Waals surface area contributed by atoms with Crippen LogP contribution >= 0.6 is 0 Å². The number of methoxy groups -OCH3 is 1. The van der Waals surface area contributed by atoms with Gasteiger partial charge < -0.3 is 15.2 Å². The van der Waals surface area contributed by atoms with Crippen molar-refractivity contribution in [2.75, 3.05) is 33.4 Å². The minimum Gasteiger partial charge on any atom is -0.481 e. The maximum atomic E-state index is 6.07. The number of likely N-dealkylation sites (tertiary alicyclic amines) is 1. The Morgan fingerprint density at radius 2 is 2.05 bits per heavy atom. The third kappa shape index (κ3) is 3.39. The topological polar surface area (TPSA) is 65.5 Å². The number of nitrogens with two attached hydrogens (primary N) is 1. The van der Waals surface area contributed by atoms with E-state index >= 15 is 0 Å². The minimum absolute atomic E-state index is 0.163. The Kier molecular flexibility index (Phi) is 5.61. The second-order valence-corrected chi connectivity index (χ2v) is 5.57. The Morgan fingerprint density at radius 3 is 2.57 bits per heavy atom. The molecule has 0 amide bonds. The average molecular weight is 296 g/mol. The molecule has 1 atom stereocenters. The minimum atomic E-state index is 0.163. The van der Waals surface area contributed by atoms with E-state index in [1.807, 2.05) is 14.0 Å². The maximum Gasteiger partial charge on any atom is 0.216 e. The first-order valence-electron chi connectivity index (χ1n) is 7.75. The summed E-state index contributed by atoms with van der Waals surface area (Å²) in [6, 6.07) is 0.163. The van der Waals surface area contributed by atoms with Crippen LogP contribution in [0.3, 0.4) is 0 Å². The van der Waals surface area contributed by atoms with Crippen molar-refractivity contribution in [3.05, 3.63) is 11.3 Å². The standard InChI is InChI=1S/C15H28N4O2/c1-5-21-12-6-8-19(9-7-12)13(10-16)14-11(2)17-18(3)15(14)20-4/h12-13H,5-10,16H2,1-4H3. The van der Waals surface area contributed by atoms with Crippen molar-refractivity contribution < 1.29 is 9.47 Å². The molecule has 0 aromatic carbocycles. The monoisotopic (exact) mass is 296 g/mol. The summed E-state index contributed by atoms with van der Waals surface area (Å²) in [5, 5.41) is 4.47. The zero-order valence-corrected chi connectivity index (χ0v) is 13.6. The summed E-state index contributed by atoms with van der Waals surface area (Å²) in [6.45, 7) is 7.45. The molecule has 1 aromatic rings. The van der Waals surface area contributed by atoms with E-state index < -0.39 is 0 Å². The molecule has 6 nitrogen and oxygen atoms in total. The maximum absolute atomic E-state index is 6.07. The second-order valence-electron chi connectivity index (χ2n) is 5.57. The van der Waals surface area contributed by atoms with Gasteiger partial charge in [-0.1, -0.05) is 0 Å². The highest BCUT2D eigenvalue weighted by molar-refractivity contribution is 5.34. The lowest BCUT2D eigenvalue weighted by atomic mass is 10.0. The second kappa shape index (κ2) is 7.24. The van der Waals surface area contributed by atoms with Gasteiger partial charge in [0.05, 0.1) is 30.5 Å². The summed E-state index contributed by atoms with van der Waals surface area (Å²) in [4.78, 5) is 2.43. The van der Waals surface area contributed by atoms with Crippen LogP contribution < -0.4 is 10.5 Å². The van der Waals surface area contributed by atoms with Gasteiger partial charge in [-0.3, -0.25) is 4.90 Å². The van der Waals surface area contributed by atoms with Gasteiger partial charge in [-0.15, -0.1) is 0 Å². The number of rotatable bonds is 6. The van der Waals surface area contributed by atoms with Crippen LogP contribution in [-0.2, 0) is 11.8 Å². The van der Waals surface area contributed by atoms with Crippen LogP contribution in [0.5, 0.6) is 5.88 Å². The van der Waals surface area contributed by atoms with Gasteiger partial charge in [-0.2, -0.15) is 5.10 Å². The van der Waals surface area contributed by atoms with Crippen LogP contribution in [0.2, 0.25) is 0 Å². The molecule has 0 saturated carbocycles. The van der Waals surface area contributed by atoms with Crippen LogP contribution in [0.25, 0.3) is 0 Å². The van der Waals surface area contributed by atoms with Crippen molar-refractivity contribution >= 4 is 0 Å². The van der Waals surface area contributed by atoms with Crippen molar-refractivity contribution in [3.63, 3.8) is 0 Å². The molecule has 1 saturated heterocycles. The van der Waals surface area contributed by atoms with Crippen LogP contribution in [0, 0.1) is 6.92 Å². The predicted octanol–water partition coefficient (Wildman–Crippen LogP) is 1.24. The summed E-state index contributed by atoms with van der Waals surface area (Å²) < 4.78 is 13.0. The number of hydrogen-bond acceptors (Lipinski definition) is 5. The number of aryl methyl sites for hydroxylation is 2. The molecule has 2 heterocycles. The molecule has 6 heteroatoms. The summed E-state index contributed by atoms with van der Waals surface area (Å²) >= 11 is 0. The number of ether oxygens (including phenoxy) is 2. The molecule has 1 fully saturated rings. The molecule has 0 bridgehead atoms. The van der Waals surface area contributed by atoms with Crippen LogP contribution in [0.15, 0.2) is 0 Å². The van der Waals surface area contributed by atoms with E-state index in [0.717, 1.165) is 49.7 Å². The quantitative estimate of drug-likeness (QED) is 0.855. The van der Waals surface area contributed by atoms with E-state index in [9.17, 15) is 0 Å². The molecule has 0 radical (unpaired) electrons. The van der Waals surface area contributed by atoms with Crippen LogP contribution in [0.1, 0.15) is 37.1 Å². The Morgan fingerprint density at radius 1 is 1.38 bits per heavy atom. The normalized spacial score (nSPS) is 18.9. The largest absolute Gasteiger partial charge is 0.481 e. The molecular formula is C15H28N4O2. The van der Waals surface area contributed by atoms with Gasteiger partial charge in [-0.25, -0.2) is 4.68 Å². The van der Waals surface area contributed by atoms with Crippen molar-refractivity contribution in [2.45, 2.75) is 38.8 Å². The third-order valence-electron chi connectivity index (χ3n) is 4.28. The number of piperidine rings is 1. The van der Waals surface area contributed by atoms with Crippen molar-refractivity contribution in [2.24, 2.45) is 12.8 Å². The predicted molar refractivity (Wildman–Crippen MR) is 82.5 cm³/mol. The van der Waals surface area contributed by atoms with E-state index in [4.69, 9.17) is 15.2 Å². The van der Waals surface area contributed by atoms with Crippen molar-refractivity contribution in [1.29, 1.82) is 0 Å². The van der Waals surface area contributed by atoms with E-state index in [1.54, 1.807) is 11.8 Å². The summed E-state index contributed by atoms with van der Waals surface area (Å²) in [6.07, 6.45) is 2.51. The lowest BCUT2D eigenvalue weighted by molar-refractivity contribution is 0.00423. The molecule has 2 N–H and O–H groups in total. The van der Waals surface area contributed by atoms with Gasteiger partial charge in [-0.05, 0) is 26.7 Å². The highest BCUT2D eigenvalue weighted by Crippen LogP contribution is 2.33. The van der Waals surface area contributed by atoms with Crippen molar-refractivity contribution in [3.8, 4) is 5.88 Å². The summed E-state index contributed by atoms with van der Waals surface area (Å²) in [7, 11) is 3.60. The van der Waals surface area contributed by atoms with Gasteiger partial charge in [0, 0.05) is 33.3 Å². The molecule has 0 aliphatic carbocycles. The van der Waals surface area contributed by atoms with Gasteiger partial charge in [0.25, 0.3) is 0 Å². The SMILES string of the molecule is CCOC1CCN(C(CN)c2c(C)nn(C)c2OC)CC1. The fourth-order valence-corrected chi connectivity index (χ4v) is 3.32. The fourth-order valence-electron chi connectivity index (χ4n) is 3.32. The summed E-state index contributed by atoms with van der Waals surface area (Å²) in [5.41, 5.74) is 8.18. The molecule has 1 aromatic heterocycles. The Hall–Kier alpha value is -1.11. The van der Waals surface area contributed by atoms with Gasteiger partial charge >= 0.3 is 0 Å². The van der Waals surface area contributed by atoms with Gasteiger partial charge in [0.15, 0.2) is 0 Å². The van der Waals surface area contributed by atoms with Crippen molar-refractivity contribution in [1.82, 2.24) is 14.7 Å². The van der Waals surface area contributed by atoms with E-state index in [2.05, 4.69) is 16.9 Å². The smallest absolute Gasteiger partial charge is 0.216 e. The molecule has 1 aliphatic rings. The van der Waals surface area contributed by atoms with E-state index in [-0.39, 0.29) is 6.04 Å². The first-order valence-corrected chi connectivity index (χ1v) is 7.75. The lowest BCUT2D eigenvalue weighted by Crippen LogP contribution is -2.42. The molecule has 0 spiro atoms. The Bertz CT molecular complexity index is 453. The first-order chi connectivity index (χ1) is 10.1. The van der Waals surface area contributed by atoms with Gasteiger partial charge in [0.2, 0.25) is 5.88 Å². The molecule has 1 unspecified atom stereocenters. The third-order valence-corrected chi connectivity index (χ3v) is 4.28. The number of nitrogens with zero attached hydrogens (tertiary/aromatic N) is 3. The molecule has 21 heavy (non-hydrogen) atoms. The molecule has 1 aliphatic heterocycles. The summed E-state index contributed by atoms with van der Waals surface area (Å²) in [5.74, 6) is 0.815. The Balaban J connectivity index is 2.14. The number of aromatic nitrogens is 2. The zero-order chi connectivity index (χ0) is 15.4. The van der Waals surface area contributed by atoms with Crippen LogP contribution in [0.4, 0.5) is 0 Å².